The number of nitrogens with zero attached hydrogens (tertiary/aromatic N) is 1. The Morgan fingerprint density at radius 1 is 1.14 bits per heavy atom. The molecule has 0 aliphatic carbocycles. The normalized spacial score (nSPS) is 11.2. The van der Waals surface area contributed by atoms with Gasteiger partial charge in [0.15, 0.2) is 4.90 Å². The van der Waals surface area contributed by atoms with Gasteiger partial charge in [-0.05, 0) is 36.8 Å². The van der Waals surface area contributed by atoms with Crippen LogP contribution >= 0.6 is 0 Å². The van der Waals surface area contributed by atoms with Crippen molar-refractivity contribution in [3.63, 3.8) is 0 Å². The summed E-state index contributed by atoms with van der Waals surface area (Å²) in [5.74, 6) is -1.57. The standard InChI is InChI=1S/C13H10F2N2O4S/c1-8-2-4-10(7-11(8)15)16-22(20,21)13-5-3-9(14)6-12(13)17(18)19/h2-7,16H,1H3. The molecule has 0 heterocycles. The Hall–Kier alpha value is -2.55. The largest absolute Gasteiger partial charge is 0.292 e. The van der Waals surface area contributed by atoms with E-state index in [1.807, 2.05) is 4.72 Å². The maximum atomic E-state index is 13.4. The Kier molecular flexibility index (Phi) is 4.09. The number of nitro groups is 1. The summed E-state index contributed by atoms with van der Waals surface area (Å²) >= 11 is 0. The van der Waals surface area contributed by atoms with Gasteiger partial charge in [-0.15, -0.1) is 0 Å². The van der Waals surface area contributed by atoms with Crippen molar-refractivity contribution in [1.82, 2.24) is 0 Å². The summed E-state index contributed by atoms with van der Waals surface area (Å²) in [6.07, 6.45) is 0. The topological polar surface area (TPSA) is 89.3 Å². The van der Waals surface area contributed by atoms with Crippen molar-refractivity contribution < 1.29 is 22.1 Å². The zero-order valence-electron chi connectivity index (χ0n) is 11.2. The third-order valence-electron chi connectivity index (χ3n) is 2.83. The van der Waals surface area contributed by atoms with Crippen LogP contribution in [0.3, 0.4) is 0 Å². The van der Waals surface area contributed by atoms with Crippen LogP contribution in [0.5, 0.6) is 0 Å². The minimum absolute atomic E-state index is 0.0956. The molecule has 2 rings (SSSR count). The molecule has 22 heavy (non-hydrogen) atoms. The molecule has 0 saturated heterocycles. The molecule has 0 aromatic heterocycles. The van der Waals surface area contributed by atoms with Crippen LogP contribution in [-0.4, -0.2) is 13.3 Å². The first-order valence-corrected chi connectivity index (χ1v) is 7.42. The number of aryl methyl sites for hydroxylation is 1. The smallest absolute Gasteiger partial charge is 0.279 e. The van der Waals surface area contributed by atoms with Crippen molar-refractivity contribution in [3.8, 4) is 0 Å². The van der Waals surface area contributed by atoms with Crippen molar-refractivity contribution in [2.24, 2.45) is 0 Å². The highest BCUT2D eigenvalue weighted by Gasteiger charge is 2.26. The lowest BCUT2D eigenvalue weighted by atomic mass is 10.2. The van der Waals surface area contributed by atoms with Crippen LogP contribution in [0, 0.1) is 28.7 Å². The fraction of sp³-hybridized carbons (Fsp3) is 0.0769. The Labute approximate surface area is 124 Å². The van der Waals surface area contributed by atoms with Crippen molar-refractivity contribution in [2.45, 2.75) is 11.8 Å². The molecular weight excluding hydrogens is 318 g/mol. The van der Waals surface area contributed by atoms with Crippen LogP contribution in [0.1, 0.15) is 5.56 Å². The van der Waals surface area contributed by atoms with Crippen LogP contribution < -0.4 is 4.72 Å². The number of nitro benzene ring substituents is 1. The van der Waals surface area contributed by atoms with E-state index in [4.69, 9.17) is 0 Å². The second kappa shape index (κ2) is 5.68. The zero-order valence-corrected chi connectivity index (χ0v) is 12.0. The molecule has 6 nitrogen and oxygen atoms in total. The van der Waals surface area contributed by atoms with Gasteiger partial charge in [-0.25, -0.2) is 17.2 Å². The lowest BCUT2D eigenvalue weighted by molar-refractivity contribution is -0.388. The molecule has 0 atom stereocenters. The molecule has 0 unspecified atom stereocenters. The van der Waals surface area contributed by atoms with Gasteiger partial charge in [0.1, 0.15) is 11.6 Å². The molecule has 0 aliphatic rings. The van der Waals surface area contributed by atoms with E-state index >= 15 is 0 Å². The first kappa shape index (κ1) is 15.8. The van der Waals surface area contributed by atoms with Crippen LogP contribution in [0.15, 0.2) is 41.3 Å². The summed E-state index contributed by atoms with van der Waals surface area (Å²) in [5, 5.41) is 10.9. The van der Waals surface area contributed by atoms with Gasteiger partial charge in [0, 0.05) is 0 Å². The van der Waals surface area contributed by atoms with Crippen LogP contribution in [0.2, 0.25) is 0 Å². The minimum Gasteiger partial charge on any atom is -0.279 e. The average molecular weight is 328 g/mol. The van der Waals surface area contributed by atoms with Gasteiger partial charge in [0.25, 0.3) is 15.7 Å². The van der Waals surface area contributed by atoms with Crippen LogP contribution in [-0.2, 0) is 10.0 Å². The van der Waals surface area contributed by atoms with Gasteiger partial charge < -0.3 is 0 Å². The first-order chi connectivity index (χ1) is 10.2. The average Bonchev–Trinajstić information content (AvgIpc) is 2.42. The number of halogens is 2. The van der Waals surface area contributed by atoms with Crippen molar-refractivity contribution in [3.05, 3.63) is 63.7 Å². The molecule has 9 heteroatoms. The van der Waals surface area contributed by atoms with Crippen molar-refractivity contribution >= 4 is 21.4 Å². The lowest BCUT2D eigenvalue weighted by Gasteiger charge is -2.09. The third kappa shape index (κ3) is 3.19. The van der Waals surface area contributed by atoms with Gasteiger partial charge >= 0.3 is 0 Å². The number of hydrogen-bond acceptors (Lipinski definition) is 4. The summed E-state index contributed by atoms with van der Waals surface area (Å²) < 4.78 is 52.8. The van der Waals surface area contributed by atoms with E-state index in [9.17, 15) is 27.3 Å². The Balaban J connectivity index is 2.47. The van der Waals surface area contributed by atoms with E-state index in [0.717, 1.165) is 18.2 Å². The van der Waals surface area contributed by atoms with E-state index in [1.165, 1.54) is 19.1 Å². The van der Waals surface area contributed by atoms with E-state index in [-0.39, 0.29) is 5.69 Å². The zero-order chi connectivity index (χ0) is 16.5. The van der Waals surface area contributed by atoms with Crippen molar-refractivity contribution in [1.29, 1.82) is 0 Å². The Bertz CT molecular complexity index is 853. The molecule has 0 radical (unpaired) electrons. The molecular formula is C13H10F2N2O4S. The number of hydrogen-bond donors (Lipinski definition) is 1. The van der Waals surface area contributed by atoms with Gasteiger partial charge in [-0.1, -0.05) is 6.07 Å². The van der Waals surface area contributed by atoms with Crippen LogP contribution in [0.4, 0.5) is 20.2 Å². The van der Waals surface area contributed by atoms with E-state index in [2.05, 4.69) is 0 Å². The number of anilines is 1. The predicted molar refractivity (Wildman–Crippen MR) is 75.0 cm³/mol. The lowest BCUT2D eigenvalue weighted by Crippen LogP contribution is -2.15. The molecule has 2 aromatic carbocycles. The molecule has 2 aromatic rings. The third-order valence-corrected chi connectivity index (χ3v) is 4.26. The number of rotatable bonds is 4. The van der Waals surface area contributed by atoms with E-state index in [0.29, 0.717) is 11.6 Å². The van der Waals surface area contributed by atoms with Gasteiger partial charge in [-0.3, -0.25) is 14.8 Å². The highest BCUT2D eigenvalue weighted by Crippen LogP contribution is 2.27. The summed E-state index contributed by atoms with van der Waals surface area (Å²) in [5.41, 5.74) is -0.683. The predicted octanol–water partition coefficient (Wildman–Crippen LogP) is 2.98. The fourth-order valence-corrected chi connectivity index (χ4v) is 2.93. The molecule has 0 fully saturated rings. The second-order valence-electron chi connectivity index (χ2n) is 4.44. The fourth-order valence-electron chi connectivity index (χ4n) is 1.73. The summed E-state index contributed by atoms with van der Waals surface area (Å²) in [6, 6.07) is 5.68. The summed E-state index contributed by atoms with van der Waals surface area (Å²) in [6.45, 7) is 1.50. The molecule has 0 amide bonds. The first-order valence-electron chi connectivity index (χ1n) is 5.93. The highest BCUT2D eigenvalue weighted by atomic mass is 32.2. The van der Waals surface area contributed by atoms with Gasteiger partial charge in [-0.2, -0.15) is 0 Å². The number of sulfonamides is 1. The second-order valence-corrected chi connectivity index (χ2v) is 6.09. The monoisotopic (exact) mass is 328 g/mol. The number of benzene rings is 2. The van der Waals surface area contributed by atoms with Gasteiger partial charge in [0.05, 0.1) is 16.7 Å². The molecule has 0 saturated carbocycles. The molecule has 116 valence electrons. The van der Waals surface area contributed by atoms with Crippen LogP contribution in [0.25, 0.3) is 0 Å². The Morgan fingerprint density at radius 3 is 2.41 bits per heavy atom. The SMILES string of the molecule is Cc1ccc(NS(=O)(=O)c2ccc(F)cc2[N+](=O)[O-])cc1F. The molecule has 0 spiro atoms. The Morgan fingerprint density at radius 2 is 1.82 bits per heavy atom. The van der Waals surface area contributed by atoms with E-state index in [1.54, 1.807) is 0 Å². The maximum absolute atomic E-state index is 13.4. The van der Waals surface area contributed by atoms with Gasteiger partial charge in [0.2, 0.25) is 0 Å². The summed E-state index contributed by atoms with van der Waals surface area (Å²) in [7, 11) is -4.36. The van der Waals surface area contributed by atoms with Crippen molar-refractivity contribution in [2.75, 3.05) is 4.72 Å². The quantitative estimate of drug-likeness (QED) is 0.690. The molecule has 1 N–H and O–H groups in total. The van der Waals surface area contributed by atoms with E-state index < -0.39 is 37.2 Å². The molecule has 0 aliphatic heterocycles. The number of nitrogens with one attached hydrogen (secondary N) is 1. The molecule has 0 bridgehead atoms. The minimum atomic E-state index is -4.36. The maximum Gasteiger partial charge on any atom is 0.292 e. The summed E-state index contributed by atoms with van der Waals surface area (Å²) in [4.78, 5) is 9.14. The highest BCUT2D eigenvalue weighted by molar-refractivity contribution is 7.92.